The molecule has 0 atom stereocenters. The van der Waals surface area contributed by atoms with Crippen molar-refractivity contribution < 1.29 is 13.6 Å². The van der Waals surface area contributed by atoms with Crippen LogP contribution >= 0.6 is 11.3 Å². The number of carbonyl (C=O) groups excluding carboxylic acids is 1. The Balaban J connectivity index is 1.92. The molecule has 0 aromatic carbocycles. The molecule has 3 N–H and O–H groups in total. The van der Waals surface area contributed by atoms with Crippen LogP contribution in [0.3, 0.4) is 0 Å². The van der Waals surface area contributed by atoms with Crippen molar-refractivity contribution in [1.82, 2.24) is 15.3 Å². The maximum Gasteiger partial charge on any atom is 0.277 e. The number of carbonyl (C=O) groups is 1. The average molecular weight is 312 g/mol. The van der Waals surface area contributed by atoms with Gasteiger partial charge in [-0.3, -0.25) is 9.78 Å². The second kappa shape index (κ2) is 6.68. The Bertz CT molecular complexity index is 603. The number of rotatable bonds is 6. The first-order chi connectivity index (χ1) is 10.00. The quantitative estimate of drug-likeness (QED) is 0.846. The highest BCUT2D eigenvalue weighted by atomic mass is 32.1. The Morgan fingerprint density at radius 2 is 2.24 bits per heavy atom. The van der Waals surface area contributed by atoms with Crippen molar-refractivity contribution in [2.45, 2.75) is 12.3 Å². The van der Waals surface area contributed by atoms with Gasteiger partial charge in [0.05, 0.1) is 30.9 Å². The second-order valence-corrected chi connectivity index (χ2v) is 5.23. The fourth-order valence-corrected chi connectivity index (χ4v) is 2.32. The van der Waals surface area contributed by atoms with Crippen LogP contribution in [0, 0.1) is 0 Å². The molecule has 0 bridgehead atoms. The van der Waals surface area contributed by atoms with Crippen molar-refractivity contribution in [2.75, 3.05) is 13.1 Å². The summed E-state index contributed by atoms with van der Waals surface area (Å²) in [6.45, 7) is -1.56. The summed E-state index contributed by atoms with van der Waals surface area (Å²) < 4.78 is 25.8. The van der Waals surface area contributed by atoms with Crippen molar-refractivity contribution >= 4 is 17.2 Å². The Hall–Kier alpha value is -1.93. The van der Waals surface area contributed by atoms with Gasteiger partial charge in [0.2, 0.25) is 5.91 Å². The van der Waals surface area contributed by atoms with Gasteiger partial charge in [-0.1, -0.05) is 6.07 Å². The Morgan fingerprint density at radius 1 is 1.43 bits per heavy atom. The molecule has 0 unspecified atom stereocenters. The lowest BCUT2D eigenvalue weighted by molar-refractivity contribution is -0.122. The first kappa shape index (κ1) is 15.5. The fraction of sp³-hybridized carbons (Fsp3) is 0.308. The molecular weight excluding hydrogens is 298 g/mol. The van der Waals surface area contributed by atoms with Gasteiger partial charge in [0.15, 0.2) is 0 Å². The number of amides is 1. The predicted molar refractivity (Wildman–Crippen MR) is 76.1 cm³/mol. The Kier molecular flexibility index (Phi) is 4.92. The minimum absolute atomic E-state index is 0.0516. The summed E-state index contributed by atoms with van der Waals surface area (Å²) in [6.07, 6.45) is 1.60. The number of hydrogen-bond acceptors (Lipinski definition) is 5. The Labute approximate surface area is 124 Å². The monoisotopic (exact) mass is 312 g/mol. The van der Waals surface area contributed by atoms with E-state index in [2.05, 4.69) is 15.3 Å². The van der Waals surface area contributed by atoms with Crippen LogP contribution in [0.15, 0.2) is 29.8 Å². The second-order valence-electron chi connectivity index (χ2n) is 4.37. The number of halogens is 2. The topological polar surface area (TPSA) is 80.9 Å². The van der Waals surface area contributed by atoms with Crippen LogP contribution < -0.4 is 11.1 Å². The number of pyridine rings is 1. The lowest BCUT2D eigenvalue weighted by Gasteiger charge is -2.14. The molecule has 0 aliphatic carbocycles. The number of nitrogens with one attached hydrogen (secondary N) is 1. The molecule has 0 spiro atoms. The SMILES string of the molecule is NCC(F)(F)CNC(=O)Cc1csc(-c2ccccn2)n1. The highest BCUT2D eigenvalue weighted by molar-refractivity contribution is 7.13. The van der Waals surface area contributed by atoms with Gasteiger partial charge in [-0.05, 0) is 12.1 Å². The fourth-order valence-electron chi connectivity index (χ4n) is 1.52. The molecule has 2 aromatic rings. The molecule has 0 saturated carbocycles. The predicted octanol–water partition coefficient (Wildman–Crippen LogP) is 1.46. The van der Waals surface area contributed by atoms with E-state index in [0.29, 0.717) is 16.4 Å². The number of nitrogens with two attached hydrogens (primary N) is 1. The third-order valence-electron chi connectivity index (χ3n) is 2.62. The lowest BCUT2D eigenvalue weighted by Crippen LogP contribution is -2.42. The molecule has 0 aliphatic heterocycles. The smallest absolute Gasteiger partial charge is 0.277 e. The highest BCUT2D eigenvalue weighted by Crippen LogP contribution is 2.21. The van der Waals surface area contributed by atoms with Crippen LogP contribution in [-0.2, 0) is 11.2 Å². The van der Waals surface area contributed by atoms with E-state index in [-0.39, 0.29) is 6.42 Å². The lowest BCUT2D eigenvalue weighted by atomic mass is 10.3. The van der Waals surface area contributed by atoms with Crippen LogP contribution in [0.1, 0.15) is 5.69 Å². The molecule has 0 saturated heterocycles. The molecule has 1 amide bonds. The average Bonchev–Trinajstić information content (AvgIpc) is 2.95. The molecule has 5 nitrogen and oxygen atoms in total. The van der Waals surface area contributed by atoms with E-state index < -0.39 is 24.9 Å². The first-order valence-electron chi connectivity index (χ1n) is 6.20. The molecule has 2 heterocycles. The number of thiazole rings is 1. The summed E-state index contributed by atoms with van der Waals surface area (Å²) in [4.78, 5) is 20.0. The van der Waals surface area contributed by atoms with Gasteiger partial charge in [-0.15, -0.1) is 11.3 Å². The summed E-state index contributed by atoms with van der Waals surface area (Å²) in [5.41, 5.74) is 6.13. The summed E-state index contributed by atoms with van der Waals surface area (Å²) in [5, 5.41) is 4.55. The molecule has 0 aliphatic rings. The first-order valence-corrected chi connectivity index (χ1v) is 7.08. The van der Waals surface area contributed by atoms with Crippen LogP contribution in [0.4, 0.5) is 8.78 Å². The van der Waals surface area contributed by atoms with Gasteiger partial charge in [-0.2, -0.15) is 0 Å². The van der Waals surface area contributed by atoms with Crippen molar-refractivity contribution in [3.05, 3.63) is 35.5 Å². The van der Waals surface area contributed by atoms with E-state index in [0.717, 1.165) is 0 Å². The summed E-state index contributed by atoms with van der Waals surface area (Å²) >= 11 is 1.35. The maximum absolute atomic E-state index is 12.9. The van der Waals surface area contributed by atoms with Gasteiger partial charge >= 0.3 is 0 Å². The zero-order chi connectivity index (χ0) is 15.3. The Morgan fingerprint density at radius 3 is 2.90 bits per heavy atom. The van der Waals surface area contributed by atoms with Crippen LogP contribution in [0.5, 0.6) is 0 Å². The molecule has 0 radical (unpaired) electrons. The van der Waals surface area contributed by atoms with E-state index >= 15 is 0 Å². The number of nitrogens with zero attached hydrogens (tertiary/aromatic N) is 2. The van der Waals surface area contributed by atoms with E-state index in [1.807, 2.05) is 12.1 Å². The summed E-state index contributed by atoms with van der Waals surface area (Å²) in [6, 6.07) is 5.44. The van der Waals surface area contributed by atoms with Crippen molar-refractivity contribution in [1.29, 1.82) is 0 Å². The number of hydrogen-bond donors (Lipinski definition) is 2. The molecule has 8 heteroatoms. The van der Waals surface area contributed by atoms with Crippen LogP contribution in [-0.4, -0.2) is 34.9 Å². The summed E-state index contributed by atoms with van der Waals surface area (Å²) in [7, 11) is 0. The van der Waals surface area contributed by atoms with E-state index in [9.17, 15) is 13.6 Å². The molecule has 2 aromatic heterocycles. The molecule has 112 valence electrons. The van der Waals surface area contributed by atoms with Gasteiger partial charge in [0.25, 0.3) is 5.92 Å². The van der Waals surface area contributed by atoms with Gasteiger partial charge in [0.1, 0.15) is 5.01 Å². The molecule has 21 heavy (non-hydrogen) atoms. The maximum atomic E-state index is 12.9. The zero-order valence-corrected chi connectivity index (χ0v) is 11.9. The van der Waals surface area contributed by atoms with E-state index in [1.54, 1.807) is 17.6 Å². The van der Waals surface area contributed by atoms with E-state index in [1.165, 1.54) is 11.3 Å². The van der Waals surface area contributed by atoms with Crippen molar-refractivity contribution in [3.8, 4) is 10.7 Å². The highest BCUT2D eigenvalue weighted by Gasteiger charge is 2.27. The zero-order valence-electron chi connectivity index (χ0n) is 11.1. The number of alkyl halides is 2. The summed E-state index contributed by atoms with van der Waals surface area (Å²) in [5.74, 6) is -3.60. The van der Waals surface area contributed by atoms with E-state index in [4.69, 9.17) is 5.73 Å². The third kappa shape index (κ3) is 4.54. The largest absolute Gasteiger partial charge is 0.350 e. The standard InChI is InChI=1S/C13H14F2N4OS/c14-13(15,7-16)8-18-11(20)5-9-6-21-12(19-9)10-3-1-2-4-17-10/h1-4,6H,5,7-8,16H2,(H,18,20). The van der Waals surface area contributed by atoms with Crippen LogP contribution in [0.2, 0.25) is 0 Å². The minimum atomic E-state index is -3.09. The molecule has 2 rings (SSSR count). The minimum Gasteiger partial charge on any atom is -0.350 e. The van der Waals surface area contributed by atoms with Crippen LogP contribution in [0.25, 0.3) is 10.7 Å². The van der Waals surface area contributed by atoms with Crippen molar-refractivity contribution in [3.63, 3.8) is 0 Å². The van der Waals surface area contributed by atoms with Gasteiger partial charge < -0.3 is 11.1 Å². The van der Waals surface area contributed by atoms with Gasteiger partial charge in [0, 0.05) is 11.6 Å². The number of aromatic nitrogens is 2. The molecular formula is C13H14F2N4OS. The molecule has 0 fully saturated rings. The van der Waals surface area contributed by atoms with Gasteiger partial charge in [-0.25, -0.2) is 13.8 Å². The normalized spacial score (nSPS) is 11.4. The van der Waals surface area contributed by atoms with Crippen molar-refractivity contribution in [2.24, 2.45) is 5.73 Å². The third-order valence-corrected chi connectivity index (χ3v) is 3.53.